The summed E-state index contributed by atoms with van der Waals surface area (Å²) in [6, 6.07) is 17.7. The smallest absolute Gasteiger partial charge is 0.277 e. The monoisotopic (exact) mass is 405 g/mol. The number of anilines is 1. The van der Waals surface area contributed by atoms with Crippen LogP contribution in [0.15, 0.2) is 60.3 Å². The molecule has 0 unspecified atom stereocenters. The van der Waals surface area contributed by atoms with Gasteiger partial charge in [0, 0.05) is 44.0 Å². The van der Waals surface area contributed by atoms with Crippen molar-refractivity contribution in [3.05, 3.63) is 65.9 Å². The van der Waals surface area contributed by atoms with Crippen molar-refractivity contribution in [2.75, 3.05) is 44.7 Å². The number of carbonyl (C=O) groups excluding carboxylic acids is 2. The second kappa shape index (κ2) is 8.61. The number of para-hydroxylation sites is 2. The van der Waals surface area contributed by atoms with E-state index in [1.54, 1.807) is 7.11 Å². The fourth-order valence-electron chi connectivity index (χ4n) is 4.20. The summed E-state index contributed by atoms with van der Waals surface area (Å²) in [7, 11) is 1.59. The van der Waals surface area contributed by atoms with Crippen LogP contribution in [0.2, 0.25) is 0 Å². The third-order valence-corrected chi connectivity index (χ3v) is 5.68. The van der Waals surface area contributed by atoms with Crippen molar-refractivity contribution in [1.82, 2.24) is 9.80 Å². The number of carbonyl (C=O) groups is 2. The maximum atomic E-state index is 13.3. The number of hydrogen-bond acceptors (Lipinski definition) is 5. The highest BCUT2D eigenvalue weighted by atomic mass is 16.5. The van der Waals surface area contributed by atoms with Crippen LogP contribution in [0.3, 0.4) is 0 Å². The molecule has 0 spiro atoms. The predicted molar refractivity (Wildman–Crippen MR) is 117 cm³/mol. The minimum Gasteiger partial charge on any atom is -0.496 e. The maximum absolute atomic E-state index is 13.3. The van der Waals surface area contributed by atoms with Crippen LogP contribution in [0.4, 0.5) is 5.69 Å². The second-order valence-electron chi connectivity index (χ2n) is 7.50. The highest BCUT2D eigenvalue weighted by molar-refractivity contribution is 6.36. The van der Waals surface area contributed by atoms with Crippen LogP contribution in [-0.2, 0) is 9.59 Å². The summed E-state index contributed by atoms with van der Waals surface area (Å²) in [5.74, 6) is 0.176. The lowest BCUT2D eigenvalue weighted by Crippen LogP contribution is -2.47. The Morgan fingerprint density at radius 3 is 2.13 bits per heavy atom. The fraction of sp³-hybridized carbons (Fsp3) is 0.333. The van der Waals surface area contributed by atoms with Gasteiger partial charge in [0.15, 0.2) is 0 Å². The number of piperazine rings is 1. The third kappa shape index (κ3) is 3.54. The Labute approximate surface area is 177 Å². The number of methoxy groups -OCH3 is 1. The lowest BCUT2D eigenvalue weighted by Gasteiger charge is -2.37. The SMILES string of the molecule is CCCN1C(=O)C(c2ccccc2OC)=C(N2CCN(c3ccccc3)CC2)C1=O. The van der Waals surface area contributed by atoms with E-state index in [0.717, 1.165) is 19.5 Å². The molecule has 30 heavy (non-hydrogen) atoms. The largest absolute Gasteiger partial charge is 0.496 e. The molecule has 6 heteroatoms. The van der Waals surface area contributed by atoms with Crippen molar-refractivity contribution in [2.24, 2.45) is 0 Å². The standard InChI is InChI=1S/C24H27N3O3/c1-3-13-27-23(28)21(19-11-7-8-12-20(19)30-2)22(24(27)29)26-16-14-25(15-17-26)18-9-5-4-6-10-18/h4-12H,3,13-17H2,1-2H3. The number of benzene rings is 2. The van der Waals surface area contributed by atoms with Gasteiger partial charge in [-0.05, 0) is 24.6 Å². The first-order valence-corrected chi connectivity index (χ1v) is 10.4. The molecule has 0 atom stereocenters. The molecular formula is C24H27N3O3. The van der Waals surface area contributed by atoms with Crippen molar-refractivity contribution < 1.29 is 14.3 Å². The zero-order chi connectivity index (χ0) is 21.1. The Hall–Kier alpha value is -3.28. The van der Waals surface area contributed by atoms with Gasteiger partial charge in [-0.3, -0.25) is 14.5 Å². The molecular weight excluding hydrogens is 378 g/mol. The summed E-state index contributed by atoms with van der Waals surface area (Å²) in [4.78, 5) is 32.3. The number of ether oxygens (including phenoxy) is 1. The van der Waals surface area contributed by atoms with Crippen LogP contribution in [0, 0.1) is 0 Å². The Morgan fingerprint density at radius 2 is 1.47 bits per heavy atom. The van der Waals surface area contributed by atoms with Gasteiger partial charge >= 0.3 is 0 Å². The van der Waals surface area contributed by atoms with Crippen LogP contribution in [0.1, 0.15) is 18.9 Å². The van der Waals surface area contributed by atoms with Gasteiger partial charge in [-0.15, -0.1) is 0 Å². The predicted octanol–water partition coefficient (Wildman–Crippen LogP) is 3.01. The van der Waals surface area contributed by atoms with E-state index in [1.807, 2.05) is 49.4 Å². The summed E-state index contributed by atoms with van der Waals surface area (Å²) in [5.41, 5.74) is 2.82. The number of hydrogen-bond donors (Lipinski definition) is 0. The second-order valence-corrected chi connectivity index (χ2v) is 7.50. The quantitative estimate of drug-likeness (QED) is 0.692. The summed E-state index contributed by atoms with van der Waals surface area (Å²) in [6.45, 7) is 5.34. The Kier molecular flexibility index (Phi) is 5.74. The molecule has 0 N–H and O–H groups in total. The molecule has 2 heterocycles. The van der Waals surface area contributed by atoms with Gasteiger partial charge in [0.1, 0.15) is 11.4 Å². The molecule has 0 saturated carbocycles. The number of amides is 2. The molecule has 0 bridgehead atoms. The van der Waals surface area contributed by atoms with Gasteiger partial charge in [-0.25, -0.2) is 0 Å². The molecule has 6 nitrogen and oxygen atoms in total. The van der Waals surface area contributed by atoms with E-state index in [4.69, 9.17) is 4.74 Å². The average molecular weight is 405 g/mol. The summed E-state index contributed by atoms with van der Waals surface area (Å²) in [5, 5.41) is 0. The molecule has 0 aromatic heterocycles. The Morgan fingerprint density at radius 1 is 0.833 bits per heavy atom. The van der Waals surface area contributed by atoms with Crippen molar-refractivity contribution >= 4 is 23.1 Å². The first kappa shape index (κ1) is 20.0. The molecule has 0 radical (unpaired) electrons. The molecule has 2 aromatic rings. The lowest BCUT2D eigenvalue weighted by atomic mass is 10.0. The number of rotatable bonds is 6. The zero-order valence-electron chi connectivity index (χ0n) is 17.5. The van der Waals surface area contributed by atoms with Crippen LogP contribution in [0.5, 0.6) is 5.75 Å². The first-order chi connectivity index (χ1) is 14.7. The van der Waals surface area contributed by atoms with Gasteiger partial charge < -0.3 is 14.5 Å². The molecule has 156 valence electrons. The van der Waals surface area contributed by atoms with E-state index in [-0.39, 0.29) is 11.8 Å². The number of imide groups is 1. The van der Waals surface area contributed by atoms with Crippen LogP contribution in [0.25, 0.3) is 5.57 Å². The lowest BCUT2D eigenvalue weighted by molar-refractivity contribution is -0.137. The number of nitrogens with zero attached hydrogens (tertiary/aromatic N) is 3. The molecule has 1 fully saturated rings. The van der Waals surface area contributed by atoms with Crippen LogP contribution >= 0.6 is 0 Å². The van der Waals surface area contributed by atoms with Crippen LogP contribution in [-0.4, -0.2) is 61.4 Å². The third-order valence-electron chi connectivity index (χ3n) is 5.68. The van der Waals surface area contributed by atoms with Crippen molar-refractivity contribution in [1.29, 1.82) is 0 Å². The van der Waals surface area contributed by atoms with E-state index in [2.05, 4.69) is 21.9 Å². The average Bonchev–Trinajstić information content (AvgIpc) is 3.04. The topological polar surface area (TPSA) is 53.1 Å². The molecule has 2 aliphatic rings. The summed E-state index contributed by atoms with van der Waals surface area (Å²) >= 11 is 0. The Bertz CT molecular complexity index is 963. The van der Waals surface area contributed by atoms with Crippen LogP contribution < -0.4 is 9.64 Å². The zero-order valence-corrected chi connectivity index (χ0v) is 17.5. The van der Waals surface area contributed by atoms with E-state index in [1.165, 1.54) is 10.6 Å². The minimum absolute atomic E-state index is 0.198. The summed E-state index contributed by atoms with van der Waals surface area (Å²) in [6.07, 6.45) is 0.728. The van der Waals surface area contributed by atoms with E-state index in [0.29, 0.717) is 42.2 Å². The molecule has 2 amide bonds. The summed E-state index contributed by atoms with van der Waals surface area (Å²) < 4.78 is 5.50. The van der Waals surface area contributed by atoms with E-state index >= 15 is 0 Å². The van der Waals surface area contributed by atoms with Gasteiger partial charge in [-0.2, -0.15) is 0 Å². The molecule has 4 rings (SSSR count). The molecule has 2 aromatic carbocycles. The fourth-order valence-corrected chi connectivity index (χ4v) is 4.20. The minimum atomic E-state index is -0.230. The van der Waals surface area contributed by atoms with E-state index in [9.17, 15) is 9.59 Å². The van der Waals surface area contributed by atoms with Crippen molar-refractivity contribution in [3.63, 3.8) is 0 Å². The van der Waals surface area contributed by atoms with Gasteiger partial charge in [0.25, 0.3) is 11.8 Å². The van der Waals surface area contributed by atoms with Gasteiger partial charge in [0.2, 0.25) is 0 Å². The first-order valence-electron chi connectivity index (χ1n) is 10.4. The normalized spacial score (nSPS) is 17.2. The highest BCUT2D eigenvalue weighted by Gasteiger charge is 2.42. The molecule has 0 aliphatic carbocycles. The maximum Gasteiger partial charge on any atom is 0.277 e. The Balaban J connectivity index is 1.68. The van der Waals surface area contributed by atoms with Crippen molar-refractivity contribution in [2.45, 2.75) is 13.3 Å². The molecule has 2 aliphatic heterocycles. The van der Waals surface area contributed by atoms with Gasteiger partial charge in [-0.1, -0.05) is 43.3 Å². The van der Waals surface area contributed by atoms with Crippen molar-refractivity contribution in [3.8, 4) is 5.75 Å². The van der Waals surface area contributed by atoms with E-state index < -0.39 is 0 Å². The van der Waals surface area contributed by atoms with Gasteiger partial charge in [0.05, 0.1) is 12.7 Å². The molecule has 1 saturated heterocycles. The highest BCUT2D eigenvalue weighted by Crippen LogP contribution is 2.36.